The van der Waals surface area contributed by atoms with Gasteiger partial charge >= 0.3 is 0 Å². The van der Waals surface area contributed by atoms with Crippen LogP contribution in [0.25, 0.3) is 88.7 Å². The Labute approximate surface area is 290 Å². The summed E-state index contributed by atoms with van der Waals surface area (Å²) in [5.74, 6) is 0. The first-order chi connectivity index (χ1) is 24.8. The highest BCUT2D eigenvalue weighted by molar-refractivity contribution is 6.15. The van der Waals surface area contributed by atoms with Gasteiger partial charge in [0.2, 0.25) is 0 Å². The van der Waals surface area contributed by atoms with Gasteiger partial charge in [-0.3, -0.25) is 0 Å². The lowest BCUT2D eigenvalue weighted by Gasteiger charge is -2.26. The van der Waals surface area contributed by atoms with Gasteiger partial charge in [0.25, 0.3) is 0 Å². The molecule has 2 aliphatic carbocycles. The van der Waals surface area contributed by atoms with Crippen molar-refractivity contribution in [3.05, 3.63) is 176 Å². The average Bonchev–Trinajstić information content (AvgIpc) is 3.52. The Balaban J connectivity index is 1.07. The third kappa shape index (κ3) is 3.85. The van der Waals surface area contributed by atoms with Gasteiger partial charge in [-0.25, -0.2) is 0 Å². The predicted molar refractivity (Wildman–Crippen MR) is 208 cm³/mol. The van der Waals surface area contributed by atoms with Crippen LogP contribution in [0.1, 0.15) is 0 Å². The standard InChI is InChI=1S/C48H29NO/c1-2-11-32(12-3-1)49(43-20-10-22-45-48(43)41-15-6-7-21-44(41)50-45)33-26-23-30(24-27-33)31-25-28-35-38-17-9-18-39-40-19-8-16-37(47(40)42(35)29-31)34-13-4-5-14-36(34)46(38)39/h1-29H. The van der Waals surface area contributed by atoms with E-state index >= 15 is 0 Å². The van der Waals surface area contributed by atoms with Crippen LogP contribution in [0.4, 0.5) is 17.1 Å². The van der Waals surface area contributed by atoms with Crippen molar-refractivity contribution in [1.29, 1.82) is 0 Å². The largest absolute Gasteiger partial charge is 0.456 e. The normalized spacial score (nSPS) is 12.0. The van der Waals surface area contributed by atoms with Crippen LogP contribution in [-0.2, 0) is 0 Å². The van der Waals surface area contributed by atoms with Gasteiger partial charge < -0.3 is 9.32 Å². The summed E-state index contributed by atoms with van der Waals surface area (Å²) in [7, 11) is 0. The molecule has 2 heteroatoms. The Morgan fingerprint density at radius 1 is 0.340 bits per heavy atom. The zero-order valence-corrected chi connectivity index (χ0v) is 27.1. The summed E-state index contributed by atoms with van der Waals surface area (Å²) in [5.41, 5.74) is 20.5. The molecule has 232 valence electrons. The van der Waals surface area contributed by atoms with Gasteiger partial charge in [0, 0.05) is 16.8 Å². The Morgan fingerprint density at radius 2 is 0.880 bits per heavy atom. The number of fused-ring (bicyclic) bond motifs is 7. The van der Waals surface area contributed by atoms with E-state index < -0.39 is 0 Å². The fourth-order valence-corrected chi connectivity index (χ4v) is 8.43. The third-order valence-electron chi connectivity index (χ3n) is 10.6. The van der Waals surface area contributed by atoms with Gasteiger partial charge in [-0.05, 0) is 115 Å². The van der Waals surface area contributed by atoms with E-state index in [1.54, 1.807) is 0 Å². The first-order valence-corrected chi connectivity index (χ1v) is 17.2. The summed E-state index contributed by atoms with van der Waals surface area (Å²) < 4.78 is 6.30. The quantitative estimate of drug-likeness (QED) is 0.191. The molecule has 0 amide bonds. The topological polar surface area (TPSA) is 16.4 Å². The van der Waals surface area contributed by atoms with E-state index in [0.29, 0.717) is 0 Å². The van der Waals surface area contributed by atoms with Crippen molar-refractivity contribution in [2.24, 2.45) is 0 Å². The lowest BCUT2D eigenvalue weighted by atomic mass is 9.83. The van der Waals surface area contributed by atoms with Crippen LogP contribution in [0.5, 0.6) is 0 Å². The second-order valence-electron chi connectivity index (χ2n) is 13.2. The van der Waals surface area contributed by atoms with Crippen LogP contribution in [0.15, 0.2) is 180 Å². The van der Waals surface area contributed by atoms with Crippen molar-refractivity contribution in [1.82, 2.24) is 0 Å². The van der Waals surface area contributed by atoms with Crippen molar-refractivity contribution in [3.63, 3.8) is 0 Å². The smallest absolute Gasteiger partial charge is 0.137 e. The molecule has 0 radical (unpaired) electrons. The Bertz CT molecular complexity index is 2780. The highest BCUT2D eigenvalue weighted by Crippen LogP contribution is 2.57. The molecule has 0 saturated carbocycles. The van der Waals surface area contributed by atoms with Gasteiger partial charge in [0.05, 0.1) is 11.1 Å². The highest BCUT2D eigenvalue weighted by Gasteiger charge is 2.30. The molecule has 9 aromatic rings. The fraction of sp³-hybridized carbons (Fsp3) is 0. The molecular formula is C48H29NO. The summed E-state index contributed by atoms with van der Waals surface area (Å²) >= 11 is 0. The van der Waals surface area contributed by atoms with Gasteiger partial charge in [-0.1, -0.05) is 127 Å². The first-order valence-electron chi connectivity index (χ1n) is 17.2. The Hall–Kier alpha value is -6.64. The van der Waals surface area contributed by atoms with Crippen LogP contribution in [0, 0.1) is 0 Å². The second-order valence-corrected chi connectivity index (χ2v) is 13.2. The number of anilines is 3. The molecule has 50 heavy (non-hydrogen) atoms. The van der Waals surface area contributed by atoms with E-state index in [0.717, 1.165) is 39.0 Å². The zero-order chi connectivity index (χ0) is 32.8. The minimum absolute atomic E-state index is 0.884. The van der Waals surface area contributed by atoms with Crippen molar-refractivity contribution in [2.45, 2.75) is 0 Å². The van der Waals surface area contributed by atoms with Gasteiger partial charge in [0.1, 0.15) is 11.2 Å². The lowest BCUT2D eigenvalue weighted by Crippen LogP contribution is -2.10. The van der Waals surface area contributed by atoms with Crippen LogP contribution in [0.3, 0.4) is 0 Å². The molecule has 0 N–H and O–H groups in total. The molecule has 0 spiro atoms. The molecule has 0 unspecified atom stereocenters. The molecule has 11 rings (SSSR count). The first kappa shape index (κ1) is 27.3. The van der Waals surface area contributed by atoms with E-state index in [-0.39, 0.29) is 0 Å². The molecule has 0 aliphatic heterocycles. The molecule has 0 atom stereocenters. The number of benzene rings is 8. The number of furan rings is 1. The molecule has 1 aromatic heterocycles. The average molecular weight is 636 g/mol. The SMILES string of the molecule is c1ccc(N(c2ccc(-c3ccc4c(c3)-c3c5cccc3-c3cccc-4c3-c3ccccc3-5)cc2)c2cccc3oc4ccccc4c23)cc1. The summed E-state index contributed by atoms with van der Waals surface area (Å²) in [4.78, 5) is 2.34. The summed E-state index contributed by atoms with van der Waals surface area (Å²) in [6.07, 6.45) is 0. The van der Waals surface area contributed by atoms with E-state index in [9.17, 15) is 0 Å². The Kier molecular flexibility index (Phi) is 5.70. The Morgan fingerprint density at radius 3 is 1.66 bits per heavy atom. The van der Waals surface area contributed by atoms with Gasteiger partial charge in [-0.15, -0.1) is 0 Å². The number of nitrogens with zero attached hydrogens (tertiary/aromatic N) is 1. The molecule has 6 bridgehead atoms. The van der Waals surface area contributed by atoms with Crippen molar-refractivity contribution in [3.8, 4) is 66.8 Å². The van der Waals surface area contributed by atoms with E-state index in [4.69, 9.17) is 4.42 Å². The van der Waals surface area contributed by atoms with Crippen molar-refractivity contribution >= 4 is 39.0 Å². The minimum Gasteiger partial charge on any atom is -0.456 e. The molecule has 0 fully saturated rings. The fourth-order valence-electron chi connectivity index (χ4n) is 8.43. The number of hydrogen-bond donors (Lipinski definition) is 0. The monoisotopic (exact) mass is 635 g/mol. The maximum absolute atomic E-state index is 6.30. The lowest BCUT2D eigenvalue weighted by molar-refractivity contribution is 0.669. The number of hydrogen-bond acceptors (Lipinski definition) is 2. The molecule has 0 saturated heterocycles. The summed E-state index contributed by atoms with van der Waals surface area (Å²) in [6, 6.07) is 63.8. The molecule has 2 aliphatic rings. The second kappa shape index (κ2) is 10.4. The molecule has 8 aromatic carbocycles. The third-order valence-corrected chi connectivity index (χ3v) is 10.6. The van der Waals surface area contributed by atoms with E-state index in [2.05, 4.69) is 169 Å². The number of rotatable bonds is 4. The maximum Gasteiger partial charge on any atom is 0.137 e. The minimum atomic E-state index is 0.884. The summed E-state index contributed by atoms with van der Waals surface area (Å²) in [6.45, 7) is 0. The van der Waals surface area contributed by atoms with Crippen molar-refractivity contribution < 1.29 is 4.42 Å². The molecule has 1 heterocycles. The van der Waals surface area contributed by atoms with Crippen LogP contribution in [-0.4, -0.2) is 0 Å². The van der Waals surface area contributed by atoms with Crippen LogP contribution >= 0.6 is 0 Å². The maximum atomic E-state index is 6.30. The van der Waals surface area contributed by atoms with Gasteiger partial charge in [-0.2, -0.15) is 0 Å². The molecular weight excluding hydrogens is 607 g/mol. The highest BCUT2D eigenvalue weighted by atomic mass is 16.3. The van der Waals surface area contributed by atoms with E-state index in [1.165, 1.54) is 66.8 Å². The summed E-state index contributed by atoms with van der Waals surface area (Å²) in [5, 5.41) is 2.23. The van der Waals surface area contributed by atoms with E-state index in [1.807, 2.05) is 12.1 Å². The van der Waals surface area contributed by atoms with Crippen LogP contribution < -0.4 is 4.90 Å². The predicted octanol–water partition coefficient (Wildman–Crippen LogP) is 13.7. The molecule has 2 nitrogen and oxygen atoms in total. The van der Waals surface area contributed by atoms with Crippen molar-refractivity contribution in [2.75, 3.05) is 4.90 Å². The van der Waals surface area contributed by atoms with Gasteiger partial charge in [0.15, 0.2) is 0 Å². The zero-order valence-electron chi connectivity index (χ0n) is 27.1. The van der Waals surface area contributed by atoms with Crippen LogP contribution in [0.2, 0.25) is 0 Å². The number of para-hydroxylation sites is 2.